The minimum atomic E-state index is -0.653. The summed E-state index contributed by atoms with van der Waals surface area (Å²) in [6.45, 7) is 2.92. The van der Waals surface area contributed by atoms with Crippen LogP contribution in [0.3, 0.4) is 0 Å². The van der Waals surface area contributed by atoms with Crippen molar-refractivity contribution in [2.75, 3.05) is 13.1 Å². The van der Waals surface area contributed by atoms with E-state index in [0.717, 1.165) is 12.0 Å². The summed E-state index contributed by atoms with van der Waals surface area (Å²) in [5.41, 5.74) is 1.59. The van der Waals surface area contributed by atoms with Gasteiger partial charge in [0.1, 0.15) is 0 Å². The first kappa shape index (κ1) is 17.3. The van der Waals surface area contributed by atoms with Crippen molar-refractivity contribution in [2.45, 2.75) is 32.3 Å². The second-order valence-corrected chi connectivity index (χ2v) is 5.67. The number of rotatable bonds is 7. The van der Waals surface area contributed by atoms with Crippen molar-refractivity contribution in [3.05, 3.63) is 34.9 Å². The zero-order chi connectivity index (χ0) is 16.7. The summed E-state index contributed by atoms with van der Waals surface area (Å²) < 4.78 is 0. The number of carbonyl (C=O) groups is 2. The molecule has 1 aliphatic heterocycles. The van der Waals surface area contributed by atoms with Gasteiger partial charge < -0.3 is 15.5 Å². The molecule has 23 heavy (non-hydrogen) atoms. The number of hydrogen-bond acceptors (Lipinski definition) is 4. The van der Waals surface area contributed by atoms with Crippen LogP contribution in [0.4, 0.5) is 0 Å². The van der Waals surface area contributed by atoms with Crippen LogP contribution in [-0.2, 0) is 14.4 Å². The third-order valence-electron chi connectivity index (χ3n) is 3.36. The minimum Gasteiger partial charge on any atom is -0.382 e. The fourth-order valence-corrected chi connectivity index (χ4v) is 2.22. The van der Waals surface area contributed by atoms with Gasteiger partial charge in [0.25, 0.3) is 5.91 Å². The van der Waals surface area contributed by atoms with Gasteiger partial charge in [-0.05, 0) is 24.1 Å². The smallest absolute Gasteiger partial charge is 0.264 e. The Morgan fingerprint density at radius 3 is 2.70 bits per heavy atom. The van der Waals surface area contributed by atoms with Crippen molar-refractivity contribution >= 4 is 29.1 Å². The van der Waals surface area contributed by atoms with Crippen LogP contribution >= 0.6 is 11.6 Å². The second kappa shape index (κ2) is 8.53. The average Bonchev–Trinajstić information content (AvgIpc) is 3.03. The summed E-state index contributed by atoms with van der Waals surface area (Å²) in [4.78, 5) is 28.6. The van der Waals surface area contributed by atoms with Gasteiger partial charge in [-0.3, -0.25) is 9.59 Å². The van der Waals surface area contributed by atoms with Crippen molar-refractivity contribution in [1.82, 2.24) is 10.6 Å². The highest BCUT2D eigenvalue weighted by Crippen LogP contribution is 2.18. The molecule has 0 aromatic heterocycles. The van der Waals surface area contributed by atoms with Crippen LogP contribution in [0.5, 0.6) is 0 Å². The first-order valence-corrected chi connectivity index (χ1v) is 8.01. The lowest BCUT2D eigenvalue weighted by Crippen LogP contribution is -2.37. The molecule has 2 amide bonds. The Bertz CT molecular complexity index is 587. The maximum atomic E-state index is 12.0. The van der Waals surface area contributed by atoms with E-state index in [9.17, 15) is 9.59 Å². The number of carbonyl (C=O) groups excluding carboxylic acids is 2. The predicted octanol–water partition coefficient (Wildman–Crippen LogP) is 1.87. The maximum absolute atomic E-state index is 12.0. The SMILES string of the molecule is CCCNC(=O)CCNC(=O)[C@@H]1CC(c2ccc(Cl)cc2)=NO1. The Balaban J connectivity index is 1.73. The molecule has 2 rings (SSSR count). The van der Waals surface area contributed by atoms with Crippen molar-refractivity contribution < 1.29 is 14.4 Å². The monoisotopic (exact) mass is 337 g/mol. The number of nitrogens with zero attached hydrogens (tertiary/aromatic N) is 1. The molecule has 0 radical (unpaired) electrons. The minimum absolute atomic E-state index is 0.0717. The predicted molar refractivity (Wildman–Crippen MR) is 88.4 cm³/mol. The highest BCUT2D eigenvalue weighted by Gasteiger charge is 2.28. The van der Waals surface area contributed by atoms with E-state index < -0.39 is 6.10 Å². The largest absolute Gasteiger partial charge is 0.382 e. The van der Waals surface area contributed by atoms with Crippen LogP contribution in [0, 0.1) is 0 Å². The van der Waals surface area contributed by atoms with E-state index in [2.05, 4.69) is 15.8 Å². The molecule has 7 heteroatoms. The molecule has 0 saturated heterocycles. The fourth-order valence-electron chi connectivity index (χ4n) is 2.10. The Kier molecular flexibility index (Phi) is 6.40. The third kappa shape index (κ3) is 5.25. The van der Waals surface area contributed by atoms with Crippen molar-refractivity contribution in [1.29, 1.82) is 0 Å². The van der Waals surface area contributed by atoms with Gasteiger partial charge in [-0.1, -0.05) is 35.8 Å². The Morgan fingerprint density at radius 2 is 2.00 bits per heavy atom. The summed E-state index contributed by atoms with van der Waals surface area (Å²) in [5.74, 6) is -0.335. The normalized spacial score (nSPS) is 16.4. The van der Waals surface area contributed by atoms with Gasteiger partial charge in [0.15, 0.2) is 0 Å². The number of halogens is 1. The Morgan fingerprint density at radius 1 is 1.26 bits per heavy atom. The van der Waals surface area contributed by atoms with Gasteiger partial charge in [-0.2, -0.15) is 0 Å². The van der Waals surface area contributed by atoms with Crippen molar-refractivity contribution in [3.63, 3.8) is 0 Å². The number of benzene rings is 1. The molecule has 2 N–H and O–H groups in total. The van der Waals surface area contributed by atoms with E-state index in [4.69, 9.17) is 16.4 Å². The highest BCUT2D eigenvalue weighted by atomic mass is 35.5. The molecule has 1 aromatic carbocycles. The molecular formula is C16H20ClN3O3. The van der Waals surface area contributed by atoms with Crippen LogP contribution in [0.15, 0.2) is 29.4 Å². The topological polar surface area (TPSA) is 79.8 Å². The lowest BCUT2D eigenvalue weighted by molar-refractivity contribution is -0.131. The van der Waals surface area contributed by atoms with Crippen LogP contribution in [-0.4, -0.2) is 36.7 Å². The second-order valence-electron chi connectivity index (χ2n) is 5.23. The quantitative estimate of drug-likeness (QED) is 0.797. The van der Waals surface area contributed by atoms with Crippen molar-refractivity contribution in [3.8, 4) is 0 Å². The molecule has 6 nitrogen and oxygen atoms in total. The molecule has 0 fully saturated rings. The van der Waals surface area contributed by atoms with E-state index in [1.165, 1.54) is 0 Å². The summed E-state index contributed by atoms with van der Waals surface area (Å²) in [6.07, 6.45) is 0.886. The number of oxime groups is 1. The van der Waals surface area contributed by atoms with Crippen LogP contribution in [0.1, 0.15) is 31.7 Å². The van der Waals surface area contributed by atoms with E-state index in [0.29, 0.717) is 23.7 Å². The summed E-state index contributed by atoms with van der Waals surface area (Å²) in [5, 5.41) is 10.0. The van der Waals surface area contributed by atoms with Crippen LogP contribution in [0.2, 0.25) is 5.02 Å². The van der Waals surface area contributed by atoms with Gasteiger partial charge in [-0.15, -0.1) is 0 Å². The maximum Gasteiger partial charge on any atom is 0.264 e. The Labute approximate surface area is 140 Å². The van der Waals surface area contributed by atoms with Gasteiger partial charge in [0.05, 0.1) is 5.71 Å². The van der Waals surface area contributed by atoms with Gasteiger partial charge in [0, 0.05) is 31.0 Å². The van der Waals surface area contributed by atoms with Crippen molar-refractivity contribution in [2.24, 2.45) is 5.16 Å². The molecule has 124 valence electrons. The zero-order valence-corrected chi connectivity index (χ0v) is 13.7. The molecule has 0 aliphatic carbocycles. The molecule has 0 bridgehead atoms. The van der Waals surface area contributed by atoms with Gasteiger partial charge in [0.2, 0.25) is 12.0 Å². The zero-order valence-electron chi connectivity index (χ0n) is 13.0. The first-order chi connectivity index (χ1) is 11.1. The van der Waals surface area contributed by atoms with E-state index >= 15 is 0 Å². The van der Waals surface area contributed by atoms with Crippen LogP contribution < -0.4 is 10.6 Å². The summed E-state index contributed by atoms with van der Waals surface area (Å²) in [7, 11) is 0. The van der Waals surface area contributed by atoms with E-state index in [1.54, 1.807) is 12.1 Å². The standard InChI is InChI=1S/C16H20ClN3O3/c1-2-8-18-15(21)7-9-19-16(22)14-10-13(20-23-14)11-3-5-12(17)6-4-11/h3-6,14H,2,7-10H2,1H3,(H,18,21)(H,19,22)/t14-/m0/s1. The van der Waals surface area contributed by atoms with E-state index in [-0.39, 0.29) is 24.8 Å². The third-order valence-corrected chi connectivity index (χ3v) is 3.61. The lowest BCUT2D eigenvalue weighted by Gasteiger charge is -2.09. The molecular weight excluding hydrogens is 318 g/mol. The van der Waals surface area contributed by atoms with Gasteiger partial charge >= 0.3 is 0 Å². The summed E-state index contributed by atoms with van der Waals surface area (Å²) in [6, 6.07) is 7.20. The lowest BCUT2D eigenvalue weighted by atomic mass is 10.0. The molecule has 0 saturated carbocycles. The molecule has 1 atom stereocenters. The average molecular weight is 338 g/mol. The first-order valence-electron chi connectivity index (χ1n) is 7.63. The molecule has 1 aromatic rings. The summed E-state index contributed by atoms with van der Waals surface area (Å²) >= 11 is 5.84. The molecule has 0 spiro atoms. The molecule has 1 aliphatic rings. The fraction of sp³-hybridized carbons (Fsp3) is 0.438. The number of nitrogens with one attached hydrogen (secondary N) is 2. The molecule has 0 unspecified atom stereocenters. The highest BCUT2D eigenvalue weighted by molar-refractivity contribution is 6.30. The number of hydrogen-bond donors (Lipinski definition) is 2. The van der Waals surface area contributed by atoms with Gasteiger partial charge in [-0.25, -0.2) is 0 Å². The van der Waals surface area contributed by atoms with E-state index in [1.807, 2.05) is 19.1 Å². The number of amides is 2. The van der Waals surface area contributed by atoms with Crippen LogP contribution in [0.25, 0.3) is 0 Å². The Hall–Kier alpha value is -2.08. The molecule has 1 heterocycles.